The standard InChI is InChI=1S/C16H13FN4O2S/c1-24-16-18-19-20-21(16)13-8-6-11(7-9-13)15(22)23-10-12-4-2-3-5-14(12)17/h2-9H,10H2,1H3. The van der Waals surface area contributed by atoms with Gasteiger partial charge in [-0.1, -0.05) is 30.0 Å². The van der Waals surface area contributed by atoms with Gasteiger partial charge in [0.1, 0.15) is 12.4 Å². The Balaban J connectivity index is 1.69. The molecule has 0 bridgehead atoms. The largest absolute Gasteiger partial charge is 0.457 e. The molecule has 0 N–H and O–H groups in total. The Morgan fingerprint density at radius 3 is 2.67 bits per heavy atom. The fourth-order valence-electron chi connectivity index (χ4n) is 2.05. The lowest BCUT2D eigenvalue weighted by Crippen LogP contribution is -2.07. The fraction of sp³-hybridized carbons (Fsp3) is 0.125. The van der Waals surface area contributed by atoms with E-state index in [4.69, 9.17) is 4.74 Å². The first-order valence-corrected chi connectivity index (χ1v) is 8.25. The van der Waals surface area contributed by atoms with Crippen molar-refractivity contribution in [1.29, 1.82) is 0 Å². The number of halogens is 1. The Hall–Kier alpha value is -2.74. The van der Waals surface area contributed by atoms with Crippen molar-refractivity contribution < 1.29 is 13.9 Å². The van der Waals surface area contributed by atoms with Crippen molar-refractivity contribution in [2.75, 3.05) is 6.26 Å². The van der Waals surface area contributed by atoms with Crippen molar-refractivity contribution in [3.05, 3.63) is 65.5 Å². The van der Waals surface area contributed by atoms with Gasteiger partial charge in [-0.25, -0.2) is 9.18 Å². The molecule has 0 aliphatic rings. The van der Waals surface area contributed by atoms with Crippen LogP contribution in [0.4, 0.5) is 4.39 Å². The quantitative estimate of drug-likeness (QED) is 0.524. The first-order chi connectivity index (χ1) is 11.7. The van der Waals surface area contributed by atoms with Crippen LogP contribution in [-0.2, 0) is 11.3 Å². The molecule has 1 aromatic heterocycles. The van der Waals surface area contributed by atoms with Crippen molar-refractivity contribution in [3.63, 3.8) is 0 Å². The maximum absolute atomic E-state index is 13.5. The van der Waals surface area contributed by atoms with Gasteiger partial charge in [0, 0.05) is 5.56 Å². The van der Waals surface area contributed by atoms with Gasteiger partial charge < -0.3 is 4.74 Å². The first kappa shape index (κ1) is 16.1. The molecule has 0 unspecified atom stereocenters. The predicted octanol–water partition coefficient (Wildman–Crippen LogP) is 2.88. The third-order valence-corrected chi connectivity index (χ3v) is 3.91. The van der Waals surface area contributed by atoms with Crippen molar-refractivity contribution in [1.82, 2.24) is 20.2 Å². The van der Waals surface area contributed by atoms with Crippen molar-refractivity contribution in [2.24, 2.45) is 0 Å². The highest BCUT2D eigenvalue weighted by Gasteiger charge is 2.11. The van der Waals surface area contributed by atoms with Gasteiger partial charge in [-0.15, -0.1) is 5.10 Å². The molecule has 8 heteroatoms. The summed E-state index contributed by atoms with van der Waals surface area (Å²) in [4.78, 5) is 12.1. The van der Waals surface area contributed by atoms with Gasteiger partial charge in [0.05, 0.1) is 11.3 Å². The molecular formula is C16H13FN4O2S. The molecule has 0 aliphatic heterocycles. The van der Waals surface area contributed by atoms with Gasteiger partial charge in [0.15, 0.2) is 0 Å². The molecule has 0 saturated carbocycles. The zero-order chi connectivity index (χ0) is 16.9. The number of esters is 1. The van der Waals surface area contributed by atoms with Crippen LogP contribution < -0.4 is 0 Å². The number of nitrogens with zero attached hydrogens (tertiary/aromatic N) is 4. The number of ether oxygens (including phenoxy) is 1. The minimum absolute atomic E-state index is 0.114. The molecule has 0 spiro atoms. The van der Waals surface area contributed by atoms with E-state index in [1.165, 1.54) is 17.8 Å². The molecule has 3 rings (SSSR count). The molecule has 3 aromatic rings. The van der Waals surface area contributed by atoms with Crippen LogP contribution in [0.15, 0.2) is 53.7 Å². The number of hydrogen-bond acceptors (Lipinski definition) is 6. The van der Waals surface area contributed by atoms with Crippen LogP contribution in [0.3, 0.4) is 0 Å². The second kappa shape index (κ2) is 7.22. The lowest BCUT2D eigenvalue weighted by Gasteiger charge is -2.07. The van der Waals surface area contributed by atoms with Crippen molar-refractivity contribution >= 4 is 17.7 Å². The van der Waals surface area contributed by atoms with E-state index in [0.717, 1.165) is 5.69 Å². The number of tetrazole rings is 1. The molecule has 0 atom stereocenters. The van der Waals surface area contributed by atoms with Gasteiger partial charge in [-0.2, -0.15) is 4.68 Å². The lowest BCUT2D eigenvalue weighted by atomic mass is 10.2. The van der Waals surface area contributed by atoms with E-state index in [-0.39, 0.29) is 6.61 Å². The van der Waals surface area contributed by atoms with Gasteiger partial charge in [0.25, 0.3) is 0 Å². The molecule has 122 valence electrons. The van der Waals surface area contributed by atoms with E-state index in [9.17, 15) is 9.18 Å². The van der Waals surface area contributed by atoms with E-state index >= 15 is 0 Å². The number of benzene rings is 2. The molecule has 0 fully saturated rings. The maximum Gasteiger partial charge on any atom is 0.338 e. The fourth-order valence-corrected chi connectivity index (χ4v) is 2.48. The molecule has 0 saturated heterocycles. The average Bonchev–Trinajstić information content (AvgIpc) is 3.09. The molecule has 0 aliphatic carbocycles. The summed E-state index contributed by atoms with van der Waals surface area (Å²) in [5.41, 5.74) is 1.43. The number of thioether (sulfide) groups is 1. The van der Waals surface area contributed by atoms with Crippen LogP contribution >= 0.6 is 11.8 Å². The van der Waals surface area contributed by atoms with Crippen LogP contribution in [-0.4, -0.2) is 32.4 Å². The number of hydrogen-bond donors (Lipinski definition) is 0. The van der Waals surface area contributed by atoms with Gasteiger partial charge >= 0.3 is 5.97 Å². The van der Waals surface area contributed by atoms with E-state index in [0.29, 0.717) is 16.3 Å². The second-order valence-electron chi connectivity index (χ2n) is 4.79. The molecule has 1 heterocycles. The van der Waals surface area contributed by atoms with Crippen LogP contribution in [0.2, 0.25) is 0 Å². The Kier molecular flexibility index (Phi) is 4.85. The SMILES string of the molecule is CSc1nnnn1-c1ccc(C(=O)OCc2ccccc2F)cc1. The normalized spacial score (nSPS) is 10.6. The van der Waals surface area contributed by atoms with E-state index < -0.39 is 11.8 Å². The van der Waals surface area contributed by atoms with E-state index in [2.05, 4.69) is 15.5 Å². The third kappa shape index (κ3) is 3.43. The highest BCUT2D eigenvalue weighted by molar-refractivity contribution is 7.98. The van der Waals surface area contributed by atoms with Crippen LogP contribution in [0.25, 0.3) is 5.69 Å². The summed E-state index contributed by atoms with van der Waals surface area (Å²) >= 11 is 1.41. The molecule has 0 amide bonds. The molecule has 24 heavy (non-hydrogen) atoms. The van der Waals surface area contributed by atoms with E-state index in [1.54, 1.807) is 47.1 Å². The Morgan fingerprint density at radius 1 is 1.21 bits per heavy atom. The minimum atomic E-state index is -0.522. The van der Waals surface area contributed by atoms with Crippen LogP contribution in [0.1, 0.15) is 15.9 Å². The summed E-state index contributed by atoms with van der Waals surface area (Å²) in [5.74, 6) is -0.921. The smallest absolute Gasteiger partial charge is 0.338 e. The molecule has 6 nitrogen and oxygen atoms in total. The summed E-state index contributed by atoms with van der Waals surface area (Å²) in [6.45, 7) is -0.114. The number of aromatic nitrogens is 4. The maximum atomic E-state index is 13.5. The highest BCUT2D eigenvalue weighted by atomic mass is 32.2. The first-order valence-electron chi connectivity index (χ1n) is 7.02. The summed E-state index contributed by atoms with van der Waals surface area (Å²) < 4.78 is 20.2. The van der Waals surface area contributed by atoms with Gasteiger partial charge in [-0.3, -0.25) is 0 Å². The predicted molar refractivity (Wildman–Crippen MR) is 86.5 cm³/mol. The summed E-state index contributed by atoms with van der Waals surface area (Å²) in [6.07, 6.45) is 1.87. The third-order valence-electron chi connectivity index (χ3n) is 3.29. The molecule has 2 aromatic carbocycles. The topological polar surface area (TPSA) is 69.9 Å². The number of carbonyl (C=O) groups excluding carboxylic acids is 1. The van der Waals surface area contributed by atoms with Crippen molar-refractivity contribution in [3.8, 4) is 5.69 Å². The van der Waals surface area contributed by atoms with Crippen molar-refractivity contribution in [2.45, 2.75) is 11.8 Å². The monoisotopic (exact) mass is 344 g/mol. The number of rotatable bonds is 5. The number of carbonyl (C=O) groups is 1. The highest BCUT2D eigenvalue weighted by Crippen LogP contribution is 2.16. The van der Waals surface area contributed by atoms with E-state index in [1.807, 2.05) is 6.26 Å². The summed E-state index contributed by atoms with van der Waals surface area (Å²) in [6, 6.07) is 12.8. The summed E-state index contributed by atoms with van der Waals surface area (Å²) in [5, 5.41) is 12.0. The van der Waals surface area contributed by atoms with Crippen LogP contribution in [0, 0.1) is 5.82 Å². The van der Waals surface area contributed by atoms with Gasteiger partial charge in [0.2, 0.25) is 5.16 Å². The Bertz CT molecular complexity index is 851. The second-order valence-corrected chi connectivity index (χ2v) is 5.57. The minimum Gasteiger partial charge on any atom is -0.457 e. The van der Waals surface area contributed by atoms with Crippen LogP contribution in [0.5, 0.6) is 0 Å². The molecule has 0 radical (unpaired) electrons. The zero-order valence-electron chi connectivity index (χ0n) is 12.7. The zero-order valence-corrected chi connectivity index (χ0v) is 13.5. The Labute approximate surface area is 141 Å². The average molecular weight is 344 g/mol. The summed E-state index contributed by atoms with van der Waals surface area (Å²) in [7, 11) is 0. The Morgan fingerprint density at radius 2 is 1.96 bits per heavy atom. The lowest BCUT2D eigenvalue weighted by molar-refractivity contribution is 0.0469. The van der Waals surface area contributed by atoms with Gasteiger partial charge in [-0.05, 0) is 47.0 Å². The molecular weight excluding hydrogens is 331 g/mol.